The first-order valence-corrected chi connectivity index (χ1v) is 7.16. The highest BCUT2D eigenvalue weighted by atomic mass is 19.4. The highest BCUT2D eigenvalue weighted by Crippen LogP contribution is 2.32. The number of methoxy groups -OCH3 is 1. The van der Waals surface area contributed by atoms with Crippen LogP contribution in [-0.4, -0.2) is 7.11 Å². The Morgan fingerprint density at radius 3 is 2.55 bits per heavy atom. The van der Waals surface area contributed by atoms with Gasteiger partial charge in [0.05, 0.1) is 24.3 Å². The highest BCUT2D eigenvalue weighted by Gasteiger charge is 2.30. The van der Waals surface area contributed by atoms with Crippen molar-refractivity contribution in [2.45, 2.75) is 45.2 Å². The van der Waals surface area contributed by atoms with E-state index in [9.17, 15) is 13.2 Å². The number of alkyl halides is 3. The molecule has 0 spiro atoms. The van der Waals surface area contributed by atoms with Crippen molar-refractivity contribution < 1.29 is 17.9 Å². The maximum Gasteiger partial charge on any atom is 0.416 e. The average molecular weight is 311 g/mol. The van der Waals surface area contributed by atoms with E-state index in [1.807, 2.05) is 13.8 Å². The fourth-order valence-corrected chi connectivity index (χ4v) is 2.29. The smallest absolute Gasteiger partial charge is 0.416 e. The van der Waals surface area contributed by atoms with Gasteiger partial charge in [0.1, 0.15) is 5.76 Å². The Kier molecular flexibility index (Phi) is 6.48. The van der Waals surface area contributed by atoms with Crippen molar-refractivity contribution in [2.24, 2.45) is 0 Å². The average Bonchev–Trinajstić information content (AvgIpc) is 2.50. The number of rotatable bonds is 6. The second-order valence-corrected chi connectivity index (χ2v) is 5.13. The molecule has 1 unspecified atom stereocenters. The number of nitriles is 1. The Morgan fingerprint density at radius 2 is 2.05 bits per heavy atom. The van der Waals surface area contributed by atoms with E-state index in [-0.39, 0.29) is 5.92 Å². The number of halogens is 3. The number of ether oxygens (including phenoxy) is 1. The van der Waals surface area contributed by atoms with Gasteiger partial charge in [-0.2, -0.15) is 18.4 Å². The lowest BCUT2D eigenvalue weighted by Crippen LogP contribution is -2.06. The fraction of sp³-hybridized carbons (Fsp3) is 0.471. The number of hydrogen-bond acceptors (Lipinski definition) is 2. The normalized spacial score (nSPS) is 14.0. The van der Waals surface area contributed by atoms with Crippen molar-refractivity contribution in [2.75, 3.05) is 7.11 Å². The van der Waals surface area contributed by atoms with Crippen LogP contribution in [0.4, 0.5) is 13.2 Å². The van der Waals surface area contributed by atoms with Crippen molar-refractivity contribution in [3.63, 3.8) is 0 Å². The van der Waals surface area contributed by atoms with Crippen LogP contribution in [0, 0.1) is 11.3 Å². The van der Waals surface area contributed by atoms with Crippen LogP contribution in [-0.2, 0) is 10.9 Å². The number of allylic oxidation sites excluding steroid dienone is 2. The Morgan fingerprint density at radius 1 is 1.36 bits per heavy atom. The van der Waals surface area contributed by atoms with E-state index < -0.39 is 11.7 Å². The van der Waals surface area contributed by atoms with E-state index in [0.29, 0.717) is 36.2 Å². The van der Waals surface area contributed by atoms with Gasteiger partial charge in [-0.15, -0.1) is 0 Å². The molecule has 22 heavy (non-hydrogen) atoms. The monoisotopic (exact) mass is 311 g/mol. The molecule has 120 valence electrons. The number of hydrogen-bond donors (Lipinski definition) is 0. The maximum absolute atomic E-state index is 12.7. The topological polar surface area (TPSA) is 33.0 Å². The molecule has 2 nitrogen and oxygen atoms in total. The summed E-state index contributed by atoms with van der Waals surface area (Å²) >= 11 is 0. The number of nitrogens with zero attached hydrogens (tertiary/aromatic N) is 1. The largest absolute Gasteiger partial charge is 0.500 e. The molecule has 0 aliphatic heterocycles. The molecule has 0 heterocycles. The molecule has 0 saturated carbocycles. The minimum Gasteiger partial charge on any atom is -0.500 e. The third-order valence-electron chi connectivity index (χ3n) is 3.65. The van der Waals surface area contributed by atoms with Crippen LogP contribution >= 0.6 is 0 Å². The summed E-state index contributed by atoms with van der Waals surface area (Å²) in [7, 11) is 1.52. The lowest BCUT2D eigenvalue weighted by Gasteiger charge is -2.15. The molecule has 5 heteroatoms. The van der Waals surface area contributed by atoms with Crippen molar-refractivity contribution in [1.29, 1.82) is 5.26 Å². The summed E-state index contributed by atoms with van der Waals surface area (Å²) in [6, 6.07) is 7.47. The molecule has 0 aromatic heterocycles. The van der Waals surface area contributed by atoms with Crippen LogP contribution in [0.5, 0.6) is 0 Å². The first-order chi connectivity index (χ1) is 10.3. The molecule has 1 rings (SSSR count). The van der Waals surface area contributed by atoms with E-state index in [2.05, 4.69) is 6.07 Å². The zero-order chi connectivity index (χ0) is 16.8. The Labute approximate surface area is 129 Å². The van der Waals surface area contributed by atoms with E-state index in [0.717, 1.165) is 6.07 Å². The summed E-state index contributed by atoms with van der Waals surface area (Å²) in [6.45, 7) is 3.76. The third-order valence-corrected chi connectivity index (χ3v) is 3.65. The summed E-state index contributed by atoms with van der Waals surface area (Å²) in [4.78, 5) is 0. The minimum atomic E-state index is -4.33. The predicted molar refractivity (Wildman–Crippen MR) is 79.0 cm³/mol. The molecule has 0 bridgehead atoms. The first-order valence-electron chi connectivity index (χ1n) is 7.16. The van der Waals surface area contributed by atoms with Gasteiger partial charge < -0.3 is 4.74 Å². The van der Waals surface area contributed by atoms with Crippen LogP contribution in [0.25, 0.3) is 0 Å². The summed E-state index contributed by atoms with van der Waals surface area (Å²) in [5, 5.41) is 9.16. The standard InChI is InChI=1S/C17H20F3NO/c1-4-16(22-3)14(11-21)9-8-12(2)13-6-5-7-15(10-13)17(18,19)20/h5-7,10,12H,4,8-9H2,1-3H3. The van der Waals surface area contributed by atoms with Crippen molar-refractivity contribution in [3.8, 4) is 6.07 Å². The first kappa shape index (κ1) is 18.1. The van der Waals surface area contributed by atoms with Crippen LogP contribution < -0.4 is 0 Å². The summed E-state index contributed by atoms with van der Waals surface area (Å²) in [5.41, 5.74) is 0.547. The van der Waals surface area contributed by atoms with Gasteiger partial charge >= 0.3 is 6.18 Å². The Balaban J connectivity index is 2.84. The van der Waals surface area contributed by atoms with Crippen LogP contribution in [0.2, 0.25) is 0 Å². The molecule has 0 radical (unpaired) electrons. The zero-order valence-corrected chi connectivity index (χ0v) is 13.0. The minimum absolute atomic E-state index is 0.0689. The molecular weight excluding hydrogens is 291 g/mol. The van der Waals surface area contributed by atoms with Gasteiger partial charge in [-0.05, 0) is 30.4 Å². The molecule has 0 amide bonds. The molecule has 0 aliphatic carbocycles. The van der Waals surface area contributed by atoms with Gasteiger partial charge in [-0.25, -0.2) is 0 Å². The molecule has 1 aromatic carbocycles. The van der Waals surface area contributed by atoms with Crippen molar-refractivity contribution in [3.05, 3.63) is 46.7 Å². The molecule has 0 saturated heterocycles. The second kappa shape index (κ2) is 7.88. The van der Waals surface area contributed by atoms with Gasteiger partial charge in [0.25, 0.3) is 0 Å². The number of benzene rings is 1. The van der Waals surface area contributed by atoms with E-state index in [1.54, 1.807) is 6.07 Å². The van der Waals surface area contributed by atoms with E-state index >= 15 is 0 Å². The van der Waals surface area contributed by atoms with Crippen molar-refractivity contribution >= 4 is 0 Å². The molecule has 1 atom stereocenters. The van der Waals surface area contributed by atoms with Crippen molar-refractivity contribution in [1.82, 2.24) is 0 Å². The summed E-state index contributed by atoms with van der Waals surface area (Å²) in [6.07, 6.45) is -2.63. The SMILES string of the molecule is CCC(OC)=C(C#N)CCC(C)c1cccc(C(F)(F)F)c1. The van der Waals surface area contributed by atoms with Crippen LogP contribution in [0.3, 0.4) is 0 Å². The van der Waals surface area contributed by atoms with Gasteiger partial charge in [0.15, 0.2) is 0 Å². The summed E-state index contributed by atoms with van der Waals surface area (Å²) in [5.74, 6) is 0.569. The van der Waals surface area contributed by atoms with Gasteiger partial charge in [0, 0.05) is 6.42 Å². The van der Waals surface area contributed by atoms with Gasteiger partial charge in [-0.1, -0.05) is 32.0 Å². The Bertz CT molecular complexity index is 564. The van der Waals surface area contributed by atoms with Gasteiger partial charge in [-0.3, -0.25) is 0 Å². The summed E-state index contributed by atoms with van der Waals surface area (Å²) < 4.78 is 43.4. The molecule has 0 N–H and O–H groups in total. The maximum atomic E-state index is 12.7. The molecule has 1 aromatic rings. The predicted octanol–water partition coefficient (Wildman–Crippen LogP) is 5.42. The third kappa shape index (κ3) is 4.80. The molecule has 0 fully saturated rings. The van der Waals surface area contributed by atoms with E-state index in [1.165, 1.54) is 19.2 Å². The lowest BCUT2D eigenvalue weighted by atomic mass is 9.92. The second-order valence-electron chi connectivity index (χ2n) is 5.13. The zero-order valence-electron chi connectivity index (χ0n) is 13.0. The van der Waals surface area contributed by atoms with Crippen LogP contribution in [0.1, 0.15) is 50.2 Å². The highest BCUT2D eigenvalue weighted by molar-refractivity contribution is 5.29. The Hall–Kier alpha value is -1.96. The lowest BCUT2D eigenvalue weighted by molar-refractivity contribution is -0.137. The quantitative estimate of drug-likeness (QED) is 0.519. The fourth-order valence-electron chi connectivity index (χ4n) is 2.29. The molecule has 0 aliphatic rings. The molecular formula is C17H20F3NO. The van der Waals surface area contributed by atoms with Crippen LogP contribution in [0.15, 0.2) is 35.6 Å². The van der Waals surface area contributed by atoms with Gasteiger partial charge in [0.2, 0.25) is 0 Å². The van der Waals surface area contributed by atoms with E-state index in [4.69, 9.17) is 10.00 Å².